The Bertz CT molecular complexity index is 460. The van der Waals surface area contributed by atoms with E-state index in [1.807, 2.05) is 4.90 Å². The third-order valence-electron chi connectivity index (χ3n) is 3.40. The largest absolute Gasteiger partial charge is 0.399 e. The van der Waals surface area contributed by atoms with Crippen molar-refractivity contribution < 1.29 is 4.79 Å². The highest BCUT2D eigenvalue weighted by molar-refractivity contribution is 5.99. The number of likely N-dealkylation sites (N-methyl/N-ethyl adjacent to an activating group) is 1. The topological polar surface area (TPSA) is 75.6 Å². The summed E-state index contributed by atoms with van der Waals surface area (Å²) in [4.78, 5) is 16.5. The molecular weight excluding hydrogens is 228 g/mol. The summed E-state index contributed by atoms with van der Waals surface area (Å²) in [5, 5.41) is 0. The Balaban J connectivity index is 2.20. The maximum Gasteiger partial charge on any atom is 0.256 e. The molecule has 5 heteroatoms. The first kappa shape index (κ1) is 12.7. The first-order chi connectivity index (χ1) is 8.49. The van der Waals surface area contributed by atoms with E-state index >= 15 is 0 Å². The van der Waals surface area contributed by atoms with Crippen molar-refractivity contribution in [3.63, 3.8) is 0 Å². The lowest BCUT2D eigenvalue weighted by Crippen LogP contribution is -2.52. The molecule has 1 aliphatic rings. The summed E-state index contributed by atoms with van der Waals surface area (Å²) in [6.45, 7) is 4.58. The molecule has 1 atom stereocenters. The van der Waals surface area contributed by atoms with E-state index in [0.29, 0.717) is 16.9 Å². The summed E-state index contributed by atoms with van der Waals surface area (Å²) in [7, 11) is 2.07. The van der Waals surface area contributed by atoms with Gasteiger partial charge in [0.05, 0.1) is 5.56 Å². The summed E-state index contributed by atoms with van der Waals surface area (Å²) in [6.07, 6.45) is 0. The fourth-order valence-electron chi connectivity index (χ4n) is 2.37. The Labute approximate surface area is 107 Å². The molecule has 1 aliphatic heterocycles. The molecule has 4 N–H and O–H groups in total. The predicted octanol–water partition coefficient (Wildman–Crippen LogP) is 0.627. The van der Waals surface area contributed by atoms with Crippen molar-refractivity contribution in [2.45, 2.75) is 13.0 Å². The number of benzene rings is 1. The van der Waals surface area contributed by atoms with Gasteiger partial charge in [-0.1, -0.05) is 0 Å². The van der Waals surface area contributed by atoms with Crippen LogP contribution >= 0.6 is 0 Å². The molecule has 1 fully saturated rings. The Kier molecular flexibility index (Phi) is 3.43. The lowest BCUT2D eigenvalue weighted by molar-refractivity contribution is 0.0534. The molecule has 0 aromatic heterocycles. The predicted molar refractivity (Wildman–Crippen MR) is 73.3 cm³/mol. The van der Waals surface area contributed by atoms with Gasteiger partial charge < -0.3 is 21.3 Å². The lowest BCUT2D eigenvalue weighted by atomic mass is 10.1. The summed E-state index contributed by atoms with van der Waals surface area (Å²) < 4.78 is 0. The van der Waals surface area contributed by atoms with Crippen LogP contribution in [0.1, 0.15) is 17.3 Å². The molecule has 1 amide bonds. The van der Waals surface area contributed by atoms with Crippen LogP contribution in [0, 0.1) is 0 Å². The number of amides is 1. The van der Waals surface area contributed by atoms with E-state index in [0.717, 1.165) is 19.6 Å². The number of hydrogen-bond acceptors (Lipinski definition) is 4. The van der Waals surface area contributed by atoms with E-state index in [4.69, 9.17) is 11.5 Å². The minimum absolute atomic E-state index is 0.00639. The number of carbonyl (C=O) groups excluding carboxylic acids is 1. The Morgan fingerprint density at radius 2 is 2.06 bits per heavy atom. The van der Waals surface area contributed by atoms with Crippen molar-refractivity contribution in [3.05, 3.63) is 23.8 Å². The van der Waals surface area contributed by atoms with Gasteiger partial charge in [-0.05, 0) is 32.2 Å². The van der Waals surface area contributed by atoms with Crippen LogP contribution in [0.25, 0.3) is 0 Å². The summed E-state index contributed by atoms with van der Waals surface area (Å²) >= 11 is 0. The first-order valence-corrected chi connectivity index (χ1v) is 6.13. The zero-order valence-electron chi connectivity index (χ0n) is 10.9. The highest BCUT2D eigenvalue weighted by atomic mass is 16.2. The third-order valence-corrected chi connectivity index (χ3v) is 3.40. The summed E-state index contributed by atoms with van der Waals surface area (Å²) in [5.74, 6) is -0.00639. The number of nitrogens with two attached hydrogens (primary N) is 2. The fourth-order valence-corrected chi connectivity index (χ4v) is 2.37. The van der Waals surface area contributed by atoms with Gasteiger partial charge in [0.1, 0.15) is 0 Å². The average Bonchev–Trinajstić information content (AvgIpc) is 2.28. The first-order valence-electron chi connectivity index (χ1n) is 6.13. The lowest BCUT2D eigenvalue weighted by Gasteiger charge is -2.38. The van der Waals surface area contributed by atoms with Gasteiger partial charge in [0, 0.05) is 37.1 Å². The van der Waals surface area contributed by atoms with Crippen LogP contribution in [0.4, 0.5) is 11.4 Å². The smallest absolute Gasteiger partial charge is 0.256 e. The molecule has 0 saturated carbocycles. The highest BCUT2D eigenvalue weighted by Crippen LogP contribution is 2.20. The van der Waals surface area contributed by atoms with Gasteiger partial charge in [0.2, 0.25) is 0 Å². The Morgan fingerprint density at radius 3 is 2.67 bits per heavy atom. The van der Waals surface area contributed by atoms with Crippen LogP contribution < -0.4 is 11.5 Å². The van der Waals surface area contributed by atoms with Crippen molar-refractivity contribution in [1.82, 2.24) is 9.80 Å². The van der Waals surface area contributed by atoms with Crippen molar-refractivity contribution in [3.8, 4) is 0 Å². The van der Waals surface area contributed by atoms with E-state index in [-0.39, 0.29) is 11.9 Å². The molecule has 2 rings (SSSR count). The van der Waals surface area contributed by atoms with Crippen molar-refractivity contribution >= 4 is 17.3 Å². The molecule has 18 heavy (non-hydrogen) atoms. The zero-order chi connectivity index (χ0) is 13.3. The van der Waals surface area contributed by atoms with E-state index in [9.17, 15) is 4.79 Å². The molecule has 0 bridgehead atoms. The van der Waals surface area contributed by atoms with Crippen molar-refractivity contribution in [2.24, 2.45) is 0 Å². The SMILES string of the molecule is CC1CN(C)CCN1C(=O)c1ccc(N)cc1N. The molecule has 1 saturated heterocycles. The van der Waals surface area contributed by atoms with Crippen LogP contribution in [0.2, 0.25) is 0 Å². The van der Waals surface area contributed by atoms with Crippen LogP contribution in [0.15, 0.2) is 18.2 Å². The number of rotatable bonds is 1. The highest BCUT2D eigenvalue weighted by Gasteiger charge is 2.27. The van der Waals surface area contributed by atoms with Gasteiger partial charge in [-0.15, -0.1) is 0 Å². The molecular formula is C13H20N4O. The number of carbonyl (C=O) groups is 1. The fraction of sp³-hybridized carbons (Fsp3) is 0.462. The monoisotopic (exact) mass is 248 g/mol. The standard InChI is InChI=1S/C13H20N4O/c1-9-8-16(2)5-6-17(9)13(18)11-4-3-10(14)7-12(11)15/h3-4,7,9H,5-6,8,14-15H2,1-2H3. The van der Waals surface area contributed by atoms with Crippen LogP contribution in [-0.4, -0.2) is 48.4 Å². The van der Waals surface area contributed by atoms with Crippen LogP contribution in [-0.2, 0) is 0 Å². The minimum atomic E-state index is -0.00639. The third kappa shape index (κ3) is 2.41. The average molecular weight is 248 g/mol. The molecule has 1 unspecified atom stereocenters. The second-order valence-electron chi connectivity index (χ2n) is 4.96. The van der Waals surface area contributed by atoms with Crippen molar-refractivity contribution in [2.75, 3.05) is 38.1 Å². The summed E-state index contributed by atoms with van der Waals surface area (Å²) in [5.41, 5.74) is 13.1. The number of nitrogens with zero attached hydrogens (tertiary/aromatic N) is 2. The molecule has 1 aromatic carbocycles. The second kappa shape index (κ2) is 4.86. The van der Waals surface area contributed by atoms with Gasteiger partial charge in [-0.3, -0.25) is 4.79 Å². The molecule has 0 spiro atoms. The van der Waals surface area contributed by atoms with Gasteiger partial charge in [-0.2, -0.15) is 0 Å². The van der Waals surface area contributed by atoms with Gasteiger partial charge in [0.25, 0.3) is 5.91 Å². The molecule has 5 nitrogen and oxygen atoms in total. The van der Waals surface area contributed by atoms with Crippen LogP contribution in [0.3, 0.4) is 0 Å². The molecule has 0 aliphatic carbocycles. The molecule has 98 valence electrons. The molecule has 0 radical (unpaired) electrons. The van der Waals surface area contributed by atoms with E-state index in [1.165, 1.54) is 0 Å². The number of piperazine rings is 1. The molecule has 1 aromatic rings. The number of nitrogen functional groups attached to an aromatic ring is 2. The van der Waals surface area contributed by atoms with Gasteiger partial charge >= 0.3 is 0 Å². The Morgan fingerprint density at radius 1 is 1.33 bits per heavy atom. The second-order valence-corrected chi connectivity index (χ2v) is 4.96. The maximum atomic E-state index is 12.4. The maximum absolute atomic E-state index is 12.4. The number of hydrogen-bond donors (Lipinski definition) is 2. The van der Waals surface area contributed by atoms with E-state index in [1.54, 1.807) is 18.2 Å². The van der Waals surface area contributed by atoms with E-state index in [2.05, 4.69) is 18.9 Å². The van der Waals surface area contributed by atoms with Crippen molar-refractivity contribution in [1.29, 1.82) is 0 Å². The Hall–Kier alpha value is -1.75. The minimum Gasteiger partial charge on any atom is -0.399 e. The van der Waals surface area contributed by atoms with E-state index < -0.39 is 0 Å². The zero-order valence-corrected chi connectivity index (χ0v) is 10.9. The normalized spacial score (nSPS) is 21.0. The van der Waals surface area contributed by atoms with Gasteiger partial charge in [-0.25, -0.2) is 0 Å². The number of anilines is 2. The summed E-state index contributed by atoms with van der Waals surface area (Å²) in [6, 6.07) is 5.25. The molecule has 1 heterocycles. The quantitative estimate of drug-likeness (QED) is 0.715. The van der Waals surface area contributed by atoms with Crippen LogP contribution in [0.5, 0.6) is 0 Å². The van der Waals surface area contributed by atoms with Gasteiger partial charge in [0.15, 0.2) is 0 Å².